The van der Waals surface area contributed by atoms with Gasteiger partial charge in [-0.05, 0) is 23.5 Å². The third kappa shape index (κ3) is 2.70. The highest BCUT2D eigenvalue weighted by atomic mass is 16.1. The van der Waals surface area contributed by atoms with E-state index in [1.165, 1.54) is 0 Å². The smallest absolute Gasteiger partial charge is 0.251 e. The summed E-state index contributed by atoms with van der Waals surface area (Å²) in [6.45, 7) is 6.44. The van der Waals surface area contributed by atoms with E-state index in [-0.39, 0.29) is 11.3 Å². The maximum absolute atomic E-state index is 12.1. The Hall–Kier alpha value is -1.83. The molecule has 0 bridgehead atoms. The Kier molecular flexibility index (Phi) is 3.37. The molecule has 0 heterocycles. The number of hydrogen-bond donors (Lipinski definition) is 1. The van der Waals surface area contributed by atoms with E-state index in [1.54, 1.807) is 0 Å². The summed E-state index contributed by atoms with van der Waals surface area (Å²) < 4.78 is 0. The van der Waals surface area contributed by atoms with Gasteiger partial charge in [0.2, 0.25) is 0 Å². The van der Waals surface area contributed by atoms with Crippen molar-refractivity contribution in [1.82, 2.24) is 0 Å². The second-order valence-corrected chi connectivity index (χ2v) is 5.57. The Bertz CT molecular complexity index is 518. The van der Waals surface area contributed by atoms with Gasteiger partial charge in [0.25, 0.3) is 5.91 Å². The fraction of sp³-hybridized carbons (Fsp3) is 0.312. The lowest BCUT2D eigenvalue weighted by molar-refractivity contribution is -0.112. The number of allylic oxidation sites excluding steroid dienone is 3. The number of para-hydroxylation sites is 1. The van der Waals surface area contributed by atoms with Gasteiger partial charge in [0.1, 0.15) is 0 Å². The van der Waals surface area contributed by atoms with Crippen molar-refractivity contribution in [1.29, 1.82) is 0 Å². The number of carbonyl (C=O) groups excluding carboxylic acids is 1. The zero-order valence-corrected chi connectivity index (χ0v) is 11.2. The zero-order chi connectivity index (χ0) is 13.2. The van der Waals surface area contributed by atoms with Gasteiger partial charge in [-0.1, -0.05) is 57.2 Å². The maximum Gasteiger partial charge on any atom is 0.251 e. The number of amides is 1. The minimum absolute atomic E-state index is 0.00306. The summed E-state index contributed by atoms with van der Waals surface area (Å²) in [6.07, 6.45) is 6.51. The van der Waals surface area contributed by atoms with Crippen molar-refractivity contribution < 1.29 is 4.79 Å². The predicted octanol–water partition coefficient (Wildman–Crippen LogP) is 3.81. The van der Waals surface area contributed by atoms with Gasteiger partial charge in [-0.15, -0.1) is 0 Å². The largest absolute Gasteiger partial charge is 0.322 e. The Morgan fingerprint density at radius 1 is 1.22 bits per heavy atom. The van der Waals surface area contributed by atoms with Crippen LogP contribution in [0.2, 0.25) is 0 Å². The number of benzene rings is 1. The van der Waals surface area contributed by atoms with Crippen molar-refractivity contribution in [2.24, 2.45) is 0 Å². The lowest BCUT2D eigenvalue weighted by Gasteiger charge is -2.23. The van der Waals surface area contributed by atoms with Crippen molar-refractivity contribution in [2.75, 3.05) is 5.32 Å². The number of carbonyl (C=O) groups is 1. The van der Waals surface area contributed by atoms with E-state index < -0.39 is 0 Å². The standard InChI is InChI=1S/C16H19NO/c1-16(2,3)13-10-6-7-11-14(13)17-15(18)12-8-4-5-9-12/h4-8,10-11H,9H2,1-3H3,(H,17,18). The molecule has 1 aromatic rings. The Morgan fingerprint density at radius 2 is 1.94 bits per heavy atom. The Morgan fingerprint density at radius 3 is 2.56 bits per heavy atom. The molecule has 0 saturated heterocycles. The molecule has 1 aliphatic rings. The van der Waals surface area contributed by atoms with Crippen molar-refractivity contribution in [3.63, 3.8) is 0 Å². The molecule has 1 aromatic carbocycles. The molecule has 0 radical (unpaired) electrons. The summed E-state index contributed by atoms with van der Waals surface area (Å²) in [4.78, 5) is 12.1. The normalized spacial score (nSPS) is 14.5. The third-order valence-electron chi connectivity index (χ3n) is 3.05. The molecule has 1 amide bonds. The van der Waals surface area contributed by atoms with Crippen molar-refractivity contribution in [3.8, 4) is 0 Å². The van der Waals surface area contributed by atoms with Crippen LogP contribution in [0.4, 0.5) is 5.69 Å². The highest BCUT2D eigenvalue weighted by Gasteiger charge is 2.19. The van der Waals surface area contributed by atoms with E-state index in [4.69, 9.17) is 0 Å². The van der Waals surface area contributed by atoms with Crippen LogP contribution in [0, 0.1) is 0 Å². The lowest BCUT2D eigenvalue weighted by Crippen LogP contribution is -2.19. The minimum atomic E-state index is -0.00306. The zero-order valence-electron chi connectivity index (χ0n) is 11.2. The lowest BCUT2D eigenvalue weighted by atomic mass is 9.86. The van der Waals surface area contributed by atoms with Gasteiger partial charge in [-0.25, -0.2) is 0 Å². The molecular formula is C16H19NO. The number of rotatable bonds is 2. The van der Waals surface area contributed by atoms with Gasteiger partial charge in [0.15, 0.2) is 0 Å². The molecule has 2 rings (SSSR count). The molecule has 2 nitrogen and oxygen atoms in total. The summed E-state index contributed by atoms with van der Waals surface area (Å²) in [7, 11) is 0. The molecule has 18 heavy (non-hydrogen) atoms. The van der Waals surface area contributed by atoms with Gasteiger partial charge in [-0.2, -0.15) is 0 Å². The van der Waals surface area contributed by atoms with Crippen molar-refractivity contribution >= 4 is 11.6 Å². The monoisotopic (exact) mass is 241 g/mol. The SMILES string of the molecule is CC(C)(C)c1ccccc1NC(=O)C1=CC=CC1. The van der Waals surface area contributed by atoms with Gasteiger partial charge in [0.05, 0.1) is 0 Å². The molecule has 94 valence electrons. The van der Waals surface area contributed by atoms with E-state index in [2.05, 4.69) is 32.2 Å². The van der Waals surface area contributed by atoms with Gasteiger partial charge in [-0.3, -0.25) is 4.79 Å². The van der Waals surface area contributed by atoms with E-state index in [0.29, 0.717) is 0 Å². The van der Waals surface area contributed by atoms with E-state index in [0.717, 1.165) is 23.2 Å². The summed E-state index contributed by atoms with van der Waals surface area (Å²) in [5.41, 5.74) is 2.90. The second-order valence-electron chi connectivity index (χ2n) is 5.57. The first kappa shape index (κ1) is 12.6. The average molecular weight is 241 g/mol. The average Bonchev–Trinajstić information content (AvgIpc) is 2.81. The highest BCUT2D eigenvalue weighted by Crippen LogP contribution is 2.29. The molecular weight excluding hydrogens is 222 g/mol. The van der Waals surface area contributed by atoms with Crippen LogP contribution in [0.15, 0.2) is 48.1 Å². The first-order valence-corrected chi connectivity index (χ1v) is 6.25. The Labute approximate surface area is 108 Å². The molecule has 0 fully saturated rings. The number of anilines is 1. The molecule has 0 aromatic heterocycles. The number of nitrogens with one attached hydrogen (secondary N) is 1. The Balaban J connectivity index is 2.22. The molecule has 0 aliphatic heterocycles. The van der Waals surface area contributed by atoms with Gasteiger partial charge >= 0.3 is 0 Å². The fourth-order valence-electron chi connectivity index (χ4n) is 2.06. The first-order chi connectivity index (χ1) is 8.48. The van der Waals surface area contributed by atoms with Crippen LogP contribution in [0.5, 0.6) is 0 Å². The highest BCUT2D eigenvalue weighted by molar-refractivity contribution is 6.05. The van der Waals surface area contributed by atoms with Crippen LogP contribution in [0.1, 0.15) is 32.8 Å². The summed E-state index contributed by atoms with van der Waals surface area (Å²) in [5, 5.41) is 3.01. The third-order valence-corrected chi connectivity index (χ3v) is 3.05. The fourth-order valence-corrected chi connectivity index (χ4v) is 2.06. The molecule has 0 unspecified atom stereocenters. The second kappa shape index (κ2) is 4.81. The topological polar surface area (TPSA) is 29.1 Å². The van der Waals surface area contributed by atoms with Crippen LogP contribution in [0.25, 0.3) is 0 Å². The molecule has 0 spiro atoms. The predicted molar refractivity (Wildman–Crippen MR) is 75.6 cm³/mol. The summed E-state index contributed by atoms with van der Waals surface area (Å²) >= 11 is 0. The van der Waals surface area contributed by atoms with E-state index in [9.17, 15) is 4.79 Å². The first-order valence-electron chi connectivity index (χ1n) is 6.25. The number of hydrogen-bond acceptors (Lipinski definition) is 1. The van der Waals surface area contributed by atoms with Gasteiger partial charge < -0.3 is 5.32 Å². The van der Waals surface area contributed by atoms with Crippen LogP contribution < -0.4 is 5.32 Å². The molecule has 1 aliphatic carbocycles. The van der Waals surface area contributed by atoms with Crippen LogP contribution in [-0.4, -0.2) is 5.91 Å². The quantitative estimate of drug-likeness (QED) is 0.838. The van der Waals surface area contributed by atoms with E-state index in [1.807, 2.05) is 36.4 Å². The molecule has 0 atom stereocenters. The van der Waals surface area contributed by atoms with Crippen LogP contribution >= 0.6 is 0 Å². The van der Waals surface area contributed by atoms with Crippen LogP contribution in [0.3, 0.4) is 0 Å². The molecule has 2 heteroatoms. The molecule has 1 N–H and O–H groups in total. The van der Waals surface area contributed by atoms with Crippen molar-refractivity contribution in [2.45, 2.75) is 32.6 Å². The minimum Gasteiger partial charge on any atom is -0.322 e. The summed E-state index contributed by atoms with van der Waals surface area (Å²) in [6, 6.07) is 7.98. The summed E-state index contributed by atoms with van der Waals surface area (Å²) in [5.74, 6) is -0.00306. The van der Waals surface area contributed by atoms with Gasteiger partial charge in [0, 0.05) is 11.3 Å². The van der Waals surface area contributed by atoms with Crippen LogP contribution in [-0.2, 0) is 10.2 Å². The molecule has 0 saturated carbocycles. The van der Waals surface area contributed by atoms with E-state index >= 15 is 0 Å². The maximum atomic E-state index is 12.1. The van der Waals surface area contributed by atoms with Crippen molar-refractivity contribution in [3.05, 3.63) is 53.6 Å².